The van der Waals surface area contributed by atoms with Crippen LogP contribution in [0, 0.1) is 6.92 Å². The van der Waals surface area contributed by atoms with Crippen LogP contribution in [0.2, 0.25) is 0 Å². The third-order valence-corrected chi connectivity index (χ3v) is 10.8. The lowest BCUT2D eigenvalue weighted by Crippen LogP contribution is -2.49. The zero-order chi connectivity index (χ0) is 39.5. The Morgan fingerprint density at radius 2 is 1.73 bits per heavy atom. The highest BCUT2D eigenvalue weighted by Gasteiger charge is 2.26. The Balaban J connectivity index is 1.01. The molecule has 5 aromatic rings. The maximum Gasteiger partial charge on any atom is 0.329 e. The first-order valence-corrected chi connectivity index (χ1v) is 19.5. The van der Waals surface area contributed by atoms with Crippen LogP contribution in [0.5, 0.6) is 0 Å². The van der Waals surface area contributed by atoms with Gasteiger partial charge >= 0.3 is 6.03 Å². The number of hydrogen-bond donors (Lipinski definition) is 3. The second kappa shape index (κ2) is 16.5. The van der Waals surface area contributed by atoms with Crippen molar-refractivity contribution in [1.29, 1.82) is 0 Å². The van der Waals surface area contributed by atoms with Gasteiger partial charge in [0, 0.05) is 85.8 Å². The third kappa shape index (κ3) is 8.20. The minimum Gasteiger partial charge on any atom is -0.357 e. The summed E-state index contributed by atoms with van der Waals surface area (Å²) in [6.45, 7) is 11.0. The lowest BCUT2D eigenvalue weighted by atomic mass is 10.00. The molecule has 2 saturated heterocycles. The van der Waals surface area contributed by atoms with E-state index >= 15 is 0 Å². The summed E-state index contributed by atoms with van der Waals surface area (Å²) in [5.41, 5.74) is 6.34. The average Bonchev–Trinajstić information content (AvgIpc) is 3.62. The number of urea groups is 1. The van der Waals surface area contributed by atoms with Crippen LogP contribution in [0.25, 0.3) is 22.0 Å². The van der Waals surface area contributed by atoms with E-state index in [0.29, 0.717) is 29.5 Å². The fraction of sp³-hybridized carbons (Fsp3) is 0.405. The summed E-state index contributed by atoms with van der Waals surface area (Å²) >= 11 is 0. The molecule has 4 amide bonds. The number of pyridine rings is 3. The normalized spacial score (nSPS) is 15.3. The van der Waals surface area contributed by atoms with Crippen LogP contribution in [0.4, 0.5) is 16.4 Å². The number of aryl methyl sites for hydroxylation is 2. The van der Waals surface area contributed by atoms with Gasteiger partial charge in [0.2, 0.25) is 5.91 Å². The second-order valence-electron chi connectivity index (χ2n) is 15.2. The Morgan fingerprint density at radius 1 is 0.964 bits per heavy atom. The molecule has 2 aliphatic heterocycles. The van der Waals surface area contributed by atoms with Gasteiger partial charge in [0.1, 0.15) is 11.6 Å². The zero-order valence-electron chi connectivity index (χ0n) is 32.8. The van der Waals surface area contributed by atoms with Crippen molar-refractivity contribution in [1.82, 2.24) is 40.3 Å². The van der Waals surface area contributed by atoms with Crippen molar-refractivity contribution in [3.8, 4) is 11.1 Å². The maximum absolute atomic E-state index is 13.9. The van der Waals surface area contributed by atoms with Gasteiger partial charge in [-0.25, -0.2) is 14.8 Å². The van der Waals surface area contributed by atoms with Crippen LogP contribution < -0.4 is 26.0 Å². The summed E-state index contributed by atoms with van der Waals surface area (Å²) < 4.78 is 1.92. The number of carbonyl (C=O) groups is 3. The van der Waals surface area contributed by atoms with Crippen molar-refractivity contribution in [3.05, 3.63) is 99.4 Å². The molecular formula is C42H50N10O4. The number of amides is 4. The van der Waals surface area contributed by atoms with Gasteiger partial charge in [0.05, 0.1) is 17.3 Å². The van der Waals surface area contributed by atoms with Gasteiger partial charge in [0.25, 0.3) is 11.5 Å². The number of rotatable bonds is 12. The molecule has 14 heteroatoms. The van der Waals surface area contributed by atoms with E-state index in [0.717, 1.165) is 90.0 Å². The summed E-state index contributed by atoms with van der Waals surface area (Å²) in [5.74, 6) is 0.922. The molecule has 6 heterocycles. The predicted molar refractivity (Wildman–Crippen MR) is 217 cm³/mol. The van der Waals surface area contributed by atoms with Crippen molar-refractivity contribution in [2.24, 2.45) is 0 Å². The number of nitrogens with zero attached hydrogens (tertiary/aromatic N) is 7. The summed E-state index contributed by atoms with van der Waals surface area (Å²) in [6, 6.07) is 13.9. The Labute approximate surface area is 326 Å². The molecule has 1 aromatic carbocycles. The van der Waals surface area contributed by atoms with E-state index in [1.807, 2.05) is 48.1 Å². The number of benzene rings is 1. The highest BCUT2D eigenvalue weighted by Crippen LogP contribution is 2.31. The average molecular weight is 759 g/mol. The first kappa shape index (κ1) is 38.4. The van der Waals surface area contributed by atoms with Gasteiger partial charge in [0.15, 0.2) is 0 Å². The molecule has 292 valence electrons. The van der Waals surface area contributed by atoms with Crippen molar-refractivity contribution < 1.29 is 14.4 Å². The molecule has 0 radical (unpaired) electrons. The van der Waals surface area contributed by atoms with E-state index < -0.39 is 6.03 Å². The van der Waals surface area contributed by atoms with Gasteiger partial charge in [-0.05, 0) is 100 Å². The summed E-state index contributed by atoms with van der Waals surface area (Å²) in [6.07, 6.45) is 9.30. The number of aromatic amines is 1. The minimum atomic E-state index is -0.435. The molecule has 2 fully saturated rings. The lowest BCUT2D eigenvalue weighted by Gasteiger charge is -2.37. The van der Waals surface area contributed by atoms with Crippen LogP contribution in [0.15, 0.2) is 65.8 Å². The maximum atomic E-state index is 13.9. The molecule has 0 atom stereocenters. The van der Waals surface area contributed by atoms with Crippen molar-refractivity contribution in [3.63, 3.8) is 0 Å². The summed E-state index contributed by atoms with van der Waals surface area (Å²) in [4.78, 5) is 68.9. The minimum absolute atomic E-state index is 0.0873. The fourth-order valence-electron chi connectivity index (χ4n) is 7.80. The van der Waals surface area contributed by atoms with Crippen LogP contribution in [0.3, 0.4) is 0 Å². The summed E-state index contributed by atoms with van der Waals surface area (Å²) in [7, 11) is 2.13. The van der Waals surface area contributed by atoms with Gasteiger partial charge in [-0.3, -0.25) is 34.2 Å². The number of nitrogens with one attached hydrogen (secondary N) is 3. The van der Waals surface area contributed by atoms with Gasteiger partial charge < -0.3 is 15.2 Å². The molecule has 14 nitrogen and oxygen atoms in total. The highest BCUT2D eigenvalue weighted by atomic mass is 16.2. The van der Waals surface area contributed by atoms with Gasteiger partial charge in [-0.1, -0.05) is 19.4 Å². The number of piperidine rings is 1. The van der Waals surface area contributed by atoms with Crippen LogP contribution in [-0.4, -0.2) is 80.2 Å². The number of H-pyrrole nitrogens is 1. The number of fused-ring (bicyclic) bond motifs is 1. The zero-order valence-corrected chi connectivity index (χ0v) is 32.8. The number of imide groups is 1. The van der Waals surface area contributed by atoms with E-state index in [4.69, 9.17) is 4.98 Å². The largest absolute Gasteiger partial charge is 0.357 e. The molecule has 56 heavy (non-hydrogen) atoms. The Bertz CT molecular complexity index is 2290. The van der Waals surface area contributed by atoms with Crippen molar-refractivity contribution >= 4 is 40.4 Å². The number of hydrogen-bond acceptors (Lipinski definition) is 9. The highest BCUT2D eigenvalue weighted by molar-refractivity contribution is 6.08. The molecule has 4 aromatic heterocycles. The first-order chi connectivity index (χ1) is 27.0. The first-order valence-electron chi connectivity index (χ1n) is 19.5. The van der Waals surface area contributed by atoms with E-state index in [1.54, 1.807) is 12.4 Å². The standard InChI is InChI=1S/C42H50N10O4/c1-6-7-29-18-27(4)47-41(55)34(29)23-45-40(54)33-19-31(20-36-35(33)24-46-52(36)26(2)3)30-9-11-37(44-22-30)50-15-12-32(13-16-50)49(5)25-28-8-10-38(43-21-28)51-17-14-39(53)48-42(51)56/h8-11,18-22,24,26,32H,6-7,12-17,23,25H2,1-5H3,(H,45,54)(H,47,55)(H,48,53,56). The van der Waals surface area contributed by atoms with Crippen molar-refractivity contribution in [2.45, 2.75) is 85.0 Å². The quantitative estimate of drug-likeness (QED) is 0.149. The summed E-state index contributed by atoms with van der Waals surface area (Å²) in [5, 5.41) is 10.7. The van der Waals surface area contributed by atoms with Gasteiger partial charge in [-0.15, -0.1) is 0 Å². The molecule has 0 bridgehead atoms. The third-order valence-electron chi connectivity index (χ3n) is 10.8. The monoisotopic (exact) mass is 758 g/mol. The molecule has 0 unspecified atom stereocenters. The van der Waals surface area contributed by atoms with Gasteiger partial charge in [-0.2, -0.15) is 5.10 Å². The molecule has 0 spiro atoms. The fourth-order valence-corrected chi connectivity index (χ4v) is 7.80. The number of aromatic nitrogens is 5. The second-order valence-corrected chi connectivity index (χ2v) is 15.2. The molecule has 3 N–H and O–H groups in total. The van der Waals surface area contributed by atoms with E-state index in [-0.39, 0.29) is 36.4 Å². The molecule has 0 aliphatic carbocycles. The van der Waals surface area contributed by atoms with Crippen LogP contribution in [0.1, 0.15) is 85.2 Å². The Morgan fingerprint density at radius 3 is 2.41 bits per heavy atom. The molecule has 0 saturated carbocycles. The SMILES string of the molecule is CCCc1cc(C)[nH]c(=O)c1CNC(=O)c1cc(-c2ccc(N3CCC(N(C)Cc4ccc(N5CCC(=O)NC5=O)nc4)CC3)nc2)cc2c1cnn2C(C)C. The number of carbonyl (C=O) groups excluding carboxylic acids is 3. The molecule has 2 aliphatic rings. The van der Waals surface area contributed by atoms with E-state index in [9.17, 15) is 19.2 Å². The van der Waals surface area contributed by atoms with E-state index in [1.165, 1.54) is 4.90 Å². The van der Waals surface area contributed by atoms with Crippen LogP contribution >= 0.6 is 0 Å². The van der Waals surface area contributed by atoms with E-state index in [2.05, 4.69) is 75.5 Å². The van der Waals surface area contributed by atoms with Crippen LogP contribution in [-0.2, 0) is 24.3 Å². The Hall–Kier alpha value is -5.89. The molecule has 7 rings (SSSR count). The lowest BCUT2D eigenvalue weighted by molar-refractivity contribution is -0.120. The number of anilines is 2. The smallest absolute Gasteiger partial charge is 0.329 e. The Kier molecular flexibility index (Phi) is 11.3. The van der Waals surface area contributed by atoms with Crippen molar-refractivity contribution in [2.75, 3.05) is 36.5 Å². The predicted octanol–water partition coefficient (Wildman–Crippen LogP) is 5.50. The molecular weight excluding hydrogens is 709 g/mol. The topological polar surface area (TPSA) is 161 Å².